The Labute approximate surface area is 123 Å². The number of rotatable bonds is 6. The fourth-order valence-electron chi connectivity index (χ4n) is 1.89. The first kappa shape index (κ1) is 14.8. The summed E-state index contributed by atoms with van der Waals surface area (Å²) >= 11 is 0. The van der Waals surface area contributed by atoms with E-state index in [2.05, 4.69) is 0 Å². The van der Waals surface area contributed by atoms with Crippen molar-refractivity contribution in [1.82, 2.24) is 0 Å². The van der Waals surface area contributed by atoms with Gasteiger partial charge in [0.1, 0.15) is 11.5 Å². The summed E-state index contributed by atoms with van der Waals surface area (Å²) in [6.45, 7) is 1.42. The average molecular weight is 284 g/mol. The summed E-state index contributed by atoms with van der Waals surface area (Å²) in [5, 5.41) is 0. The molecule has 0 bridgehead atoms. The lowest BCUT2D eigenvalue weighted by atomic mass is 10.1. The minimum Gasteiger partial charge on any atom is -0.496 e. The van der Waals surface area contributed by atoms with Gasteiger partial charge in [0.15, 0.2) is 12.4 Å². The number of para-hydroxylation sites is 1. The Kier molecular flexibility index (Phi) is 4.72. The van der Waals surface area contributed by atoms with Crippen molar-refractivity contribution in [2.45, 2.75) is 6.92 Å². The predicted octanol–water partition coefficient (Wildman–Crippen LogP) is 3.16. The fourth-order valence-corrected chi connectivity index (χ4v) is 1.89. The summed E-state index contributed by atoms with van der Waals surface area (Å²) in [6, 6.07) is 13.7. The number of Topliss-reactive ketones (excluding diaryl/α,β-unsaturated/α-hetero) is 2. The lowest BCUT2D eigenvalue weighted by Crippen LogP contribution is -2.12. The van der Waals surface area contributed by atoms with Crippen LogP contribution in [0.15, 0.2) is 48.5 Å². The van der Waals surface area contributed by atoms with Crippen molar-refractivity contribution >= 4 is 11.6 Å². The zero-order chi connectivity index (χ0) is 15.2. The Morgan fingerprint density at radius 1 is 1.00 bits per heavy atom. The van der Waals surface area contributed by atoms with Crippen molar-refractivity contribution in [2.75, 3.05) is 13.7 Å². The van der Waals surface area contributed by atoms with Gasteiger partial charge in [-0.15, -0.1) is 0 Å². The Hall–Kier alpha value is -2.62. The normalized spacial score (nSPS) is 10.0. The van der Waals surface area contributed by atoms with E-state index in [1.165, 1.54) is 14.0 Å². The molecule has 0 aliphatic rings. The number of hydrogen-bond donors (Lipinski definition) is 0. The van der Waals surface area contributed by atoms with Crippen LogP contribution < -0.4 is 9.47 Å². The highest BCUT2D eigenvalue weighted by Gasteiger charge is 2.12. The third-order valence-corrected chi connectivity index (χ3v) is 3.04. The molecule has 0 N–H and O–H groups in total. The van der Waals surface area contributed by atoms with Crippen LogP contribution in [-0.2, 0) is 0 Å². The van der Waals surface area contributed by atoms with Crippen molar-refractivity contribution in [3.8, 4) is 11.5 Å². The molecule has 2 rings (SSSR count). The van der Waals surface area contributed by atoms with Crippen molar-refractivity contribution < 1.29 is 19.1 Å². The smallest absolute Gasteiger partial charge is 0.203 e. The van der Waals surface area contributed by atoms with Crippen molar-refractivity contribution in [3.63, 3.8) is 0 Å². The third kappa shape index (κ3) is 3.69. The molecule has 0 heterocycles. The van der Waals surface area contributed by atoms with E-state index in [4.69, 9.17) is 9.47 Å². The van der Waals surface area contributed by atoms with E-state index in [1.807, 2.05) is 0 Å². The van der Waals surface area contributed by atoms with Gasteiger partial charge >= 0.3 is 0 Å². The Morgan fingerprint density at radius 2 is 1.67 bits per heavy atom. The number of ketones is 2. The molecule has 0 saturated heterocycles. The Bertz CT molecular complexity index is 644. The summed E-state index contributed by atoms with van der Waals surface area (Å²) in [5.41, 5.74) is 1.10. The van der Waals surface area contributed by atoms with Crippen LogP contribution in [0, 0.1) is 0 Å². The predicted molar refractivity (Wildman–Crippen MR) is 79.3 cm³/mol. The summed E-state index contributed by atoms with van der Waals surface area (Å²) in [7, 11) is 1.52. The topological polar surface area (TPSA) is 52.6 Å². The van der Waals surface area contributed by atoms with E-state index < -0.39 is 0 Å². The van der Waals surface area contributed by atoms with Crippen LogP contribution in [0.4, 0.5) is 0 Å². The van der Waals surface area contributed by atoms with Gasteiger partial charge in [0, 0.05) is 5.56 Å². The molecule has 0 spiro atoms. The summed E-state index contributed by atoms with van der Waals surface area (Å²) < 4.78 is 10.6. The molecule has 0 saturated carbocycles. The van der Waals surface area contributed by atoms with Crippen molar-refractivity contribution in [3.05, 3.63) is 59.7 Å². The number of hydrogen-bond acceptors (Lipinski definition) is 4. The second-order valence-corrected chi connectivity index (χ2v) is 4.49. The molecule has 2 aromatic carbocycles. The van der Waals surface area contributed by atoms with Gasteiger partial charge in [-0.25, -0.2) is 0 Å². The molecule has 0 atom stereocenters. The van der Waals surface area contributed by atoms with Crippen molar-refractivity contribution in [1.29, 1.82) is 0 Å². The quantitative estimate of drug-likeness (QED) is 0.765. The zero-order valence-corrected chi connectivity index (χ0v) is 12.0. The van der Waals surface area contributed by atoms with Crippen LogP contribution in [0.25, 0.3) is 0 Å². The summed E-state index contributed by atoms with van der Waals surface area (Å²) in [4.78, 5) is 23.3. The first-order valence-corrected chi connectivity index (χ1v) is 6.52. The minimum absolute atomic E-state index is 0.00773. The maximum absolute atomic E-state index is 12.1. The van der Waals surface area contributed by atoms with Gasteiger partial charge in [0.25, 0.3) is 0 Å². The van der Waals surface area contributed by atoms with Gasteiger partial charge < -0.3 is 9.47 Å². The molecule has 21 heavy (non-hydrogen) atoms. The van der Waals surface area contributed by atoms with E-state index in [0.717, 1.165) is 0 Å². The number of carbonyl (C=O) groups is 2. The molecule has 4 nitrogen and oxygen atoms in total. The molecule has 0 aromatic heterocycles. The molecule has 2 aromatic rings. The highest BCUT2D eigenvalue weighted by Crippen LogP contribution is 2.19. The maximum Gasteiger partial charge on any atom is 0.203 e. The first-order chi connectivity index (χ1) is 10.1. The SMILES string of the molecule is COc1ccccc1C(=O)COc1ccc(C(C)=O)cc1. The molecule has 0 aliphatic heterocycles. The second-order valence-electron chi connectivity index (χ2n) is 4.49. The van der Waals surface area contributed by atoms with Gasteiger partial charge in [-0.05, 0) is 43.3 Å². The van der Waals surface area contributed by atoms with Gasteiger partial charge in [-0.1, -0.05) is 12.1 Å². The standard InChI is InChI=1S/C17H16O4/c1-12(18)13-7-9-14(10-8-13)21-11-16(19)15-5-3-4-6-17(15)20-2/h3-10H,11H2,1-2H3. The number of carbonyl (C=O) groups excluding carboxylic acids is 2. The van der Waals surface area contributed by atoms with Gasteiger partial charge in [0.2, 0.25) is 5.78 Å². The maximum atomic E-state index is 12.1. The minimum atomic E-state index is -0.164. The lowest BCUT2D eigenvalue weighted by molar-refractivity contribution is 0.0917. The van der Waals surface area contributed by atoms with Gasteiger partial charge in [-0.2, -0.15) is 0 Å². The molecule has 0 radical (unpaired) electrons. The molecular formula is C17H16O4. The first-order valence-electron chi connectivity index (χ1n) is 6.52. The fraction of sp³-hybridized carbons (Fsp3) is 0.176. The molecule has 0 unspecified atom stereocenters. The molecule has 0 aliphatic carbocycles. The molecule has 108 valence electrons. The number of benzene rings is 2. The van der Waals surface area contributed by atoms with Gasteiger partial charge in [-0.3, -0.25) is 9.59 Å². The largest absolute Gasteiger partial charge is 0.496 e. The van der Waals surface area contributed by atoms with E-state index in [-0.39, 0.29) is 18.2 Å². The van der Waals surface area contributed by atoms with E-state index in [0.29, 0.717) is 22.6 Å². The molecule has 0 fully saturated rings. The molecule has 4 heteroatoms. The highest BCUT2D eigenvalue weighted by molar-refractivity contribution is 5.99. The van der Waals surface area contributed by atoms with Crippen LogP contribution in [0.2, 0.25) is 0 Å². The summed E-state index contributed by atoms with van der Waals surface area (Å²) in [5.74, 6) is 0.899. The van der Waals surface area contributed by atoms with Crippen molar-refractivity contribution in [2.24, 2.45) is 0 Å². The van der Waals surface area contributed by atoms with Gasteiger partial charge in [0.05, 0.1) is 12.7 Å². The van der Waals surface area contributed by atoms with Crippen LogP contribution in [0.5, 0.6) is 11.5 Å². The third-order valence-electron chi connectivity index (χ3n) is 3.04. The number of methoxy groups -OCH3 is 1. The van der Waals surface area contributed by atoms with E-state index >= 15 is 0 Å². The monoisotopic (exact) mass is 284 g/mol. The lowest BCUT2D eigenvalue weighted by Gasteiger charge is -2.09. The van der Waals surface area contributed by atoms with Crippen LogP contribution in [0.1, 0.15) is 27.6 Å². The Morgan fingerprint density at radius 3 is 2.29 bits per heavy atom. The van der Waals surface area contributed by atoms with Crippen LogP contribution >= 0.6 is 0 Å². The van der Waals surface area contributed by atoms with E-state index in [9.17, 15) is 9.59 Å². The molecule has 0 amide bonds. The van der Waals surface area contributed by atoms with Crippen LogP contribution in [-0.4, -0.2) is 25.3 Å². The highest BCUT2D eigenvalue weighted by atomic mass is 16.5. The summed E-state index contributed by atoms with van der Waals surface area (Å²) in [6.07, 6.45) is 0. The average Bonchev–Trinajstić information content (AvgIpc) is 2.52. The molecular weight excluding hydrogens is 268 g/mol. The van der Waals surface area contributed by atoms with Crippen LogP contribution in [0.3, 0.4) is 0 Å². The van der Waals surface area contributed by atoms with E-state index in [1.54, 1.807) is 48.5 Å². The second kappa shape index (κ2) is 6.70. The Balaban J connectivity index is 2.02. The number of ether oxygens (including phenoxy) is 2. The zero-order valence-electron chi connectivity index (χ0n) is 12.0.